The van der Waals surface area contributed by atoms with Gasteiger partial charge in [0, 0.05) is 51.7 Å². The first-order chi connectivity index (χ1) is 15.4. The molecule has 3 rings (SSSR count). The lowest BCUT2D eigenvalue weighted by Gasteiger charge is -2.38. The molecule has 2 fully saturated rings. The number of benzene rings is 1. The molecule has 0 bridgehead atoms. The number of hydrogen-bond acceptors (Lipinski definition) is 5. The molecule has 0 N–H and O–H groups in total. The highest BCUT2D eigenvalue weighted by Gasteiger charge is 2.33. The molecule has 0 aromatic heterocycles. The average molecular weight is 472 g/mol. The van der Waals surface area contributed by atoms with Crippen molar-refractivity contribution in [1.29, 1.82) is 0 Å². The van der Waals surface area contributed by atoms with Crippen LogP contribution in [0, 0.1) is 5.92 Å². The monoisotopic (exact) mass is 471 g/mol. The van der Waals surface area contributed by atoms with Crippen LogP contribution in [0.5, 0.6) is 5.75 Å². The summed E-state index contributed by atoms with van der Waals surface area (Å²) in [6.45, 7) is 9.74. The standard InChI is InChI=1S/C23H32F3N3O4/c1-22(2,3)33-21(31)29-10-8-18(9-11-29)20(30)28-14-12-27(13-15-28)16-17-4-6-19(7-5-17)32-23(24,25)26/h4-7,18H,8-16H2,1-3H3. The number of carbonyl (C=O) groups excluding carboxylic acids is 2. The van der Waals surface area contributed by atoms with E-state index in [1.54, 1.807) is 17.0 Å². The number of piperidine rings is 1. The number of piperazine rings is 1. The Bertz CT molecular complexity index is 808. The molecule has 2 aliphatic heterocycles. The number of ether oxygens (including phenoxy) is 2. The maximum absolute atomic E-state index is 12.9. The Kier molecular flexibility index (Phi) is 7.76. The molecule has 2 heterocycles. The lowest BCUT2D eigenvalue weighted by molar-refractivity contribution is -0.274. The van der Waals surface area contributed by atoms with E-state index in [1.165, 1.54) is 12.1 Å². The molecule has 2 amide bonds. The summed E-state index contributed by atoms with van der Waals surface area (Å²) in [5, 5.41) is 0. The van der Waals surface area contributed by atoms with Crippen molar-refractivity contribution >= 4 is 12.0 Å². The van der Waals surface area contributed by atoms with Gasteiger partial charge in [0.15, 0.2) is 0 Å². The van der Waals surface area contributed by atoms with E-state index in [4.69, 9.17) is 4.74 Å². The summed E-state index contributed by atoms with van der Waals surface area (Å²) in [7, 11) is 0. The van der Waals surface area contributed by atoms with Gasteiger partial charge in [-0.3, -0.25) is 9.69 Å². The molecule has 0 unspecified atom stereocenters. The maximum Gasteiger partial charge on any atom is 0.573 e. The summed E-state index contributed by atoms with van der Waals surface area (Å²) in [5.74, 6) is -0.192. The first-order valence-electron chi connectivity index (χ1n) is 11.2. The van der Waals surface area contributed by atoms with Gasteiger partial charge in [-0.1, -0.05) is 12.1 Å². The van der Waals surface area contributed by atoms with Crippen LogP contribution >= 0.6 is 0 Å². The van der Waals surface area contributed by atoms with Gasteiger partial charge in [-0.05, 0) is 51.3 Å². The molecule has 0 atom stereocenters. The minimum atomic E-state index is -4.70. The summed E-state index contributed by atoms with van der Waals surface area (Å²) in [6.07, 6.45) is -3.77. The quantitative estimate of drug-likeness (QED) is 0.667. The highest BCUT2D eigenvalue weighted by atomic mass is 19.4. The minimum Gasteiger partial charge on any atom is -0.444 e. The smallest absolute Gasteiger partial charge is 0.444 e. The van der Waals surface area contributed by atoms with Crippen molar-refractivity contribution in [3.05, 3.63) is 29.8 Å². The molecule has 0 saturated carbocycles. The molecule has 2 saturated heterocycles. The third-order valence-electron chi connectivity index (χ3n) is 5.74. The van der Waals surface area contributed by atoms with Crippen LogP contribution in [-0.2, 0) is 16.1 Å². The largest absolute Gasteiger partial charge is 0.573 e. The number of likely N-dealkylation sites (tertiary alicyclic amines) is 1. The molecule has 2 aliphatic rings. The molecular weight excluding hydrogens is 439 g/mol. The van der Waals surface area contributed by atoms with E-state index in [9.17, 15) is 22.8 Å². The average Bonchev–Trinajstić information content (AvgIpc) is 2.73. The number of alkyl halides is 3. The van der Waals surface area contributed by atoms with Crippen molar-refractivity contribution in [1.82, 2.24) is 14.7 Å². The number of halogens is 3. The normalized spacial score (nSPS) is 18.8. The van der Waals surface area contributed by atoms with Crippen molar-refractivity contribution in [2.75, 3.05) is 39.3 Å². The second-order valence-corrected chi connectivity index (χ2v) is 9.53. The van der Waals surface area contributed by atoms with Gasteiger partial charge in [-0.25, -0.2) is 4.79 Å². The Morgan fingerprint density at radius 3 is 2.00 bits per heavy atom. The molecule has 1 aromatic rings. The molecule has 1 aromatic carbocycles. The zero-order chi connectivity index (χ0) is 24.2. The van der Waals surface area contributed by atoms with Gasteiger partial charge in [0.1, 0.15) is 11.4 Å². The predicted molar refractivity (Wildman–Crippen MR) is 116 cm³/mol. The van der Waals surface area contributed by atoms with Crippen molar-refractivity contribution < 1.29 is 32.2 Å². The van der Waals surface area contributed by atoms with Crippen LogP contribution in [0.15, 0.2) is 24.3 Å². The zero-order valence-corrected chi connectivity index (χ0v) is 19.4. The number of hydrogen-bond donors (Lipinski definition) is 0. The Labute approximate surface area is 192 Å². The Hall–Kier alpha value is -2.49. The van der Waals surface area contributed by atoms with Gasteiger partial charge in [0.2, 0.25) is 5.91 Å². The van der Waals surface area contributed by atoms with Gasteiger partial charge in [-0.15, -0.1) is 13.2 Å². The zero-order valence-electron chi connectivity index (χ0n) is 19.4. The molecule has 0 spiro atoms. The Morgan fingerprint density at radius 1 is 0.909 bits per heavy atom. The summed E-state index contributed by atoms with van der Waals surface area (Å²) in [5.41, 5.74) is 0.348. The van der Waals surface area contributed by atoms with E-state index in [0.717, 1.165) is 5.56 Å². The molecule has 184 valence electrons. The first kappa shape index (κ1) is 25.1. The fraction of sp³-hybridized carbons (Fsp3) is 0.652. The van der Waals surface area contributed by atoms with Gasteiger partial charge in [0.25, 0.3) is 0 Å². The van der Waals surface area contributed by atoms with E-state index in [0.29, 0.717) is 58.7 Å². The molecular formula is C23H32F3N3O4. The molecule has 0 radical (unpaired) electrons. The van der Waals surface area contributed by atoms with Crippen LogP contribution in [-0.4, -0.2) is 77.9 Å². The minimum absolute atomic E-state index is 0.0867. The van der Waals surface area contributed by atoms with Gasteiger partial charge in [-0.2, -0.15) is 0 Å². The number of amides is 2. The van der Waals surface area contributed by atoms with Crippen LogP contribution in [0.1, 0.15) is 39.2 Å². The number of nitrogens with zero attached hydrogens (tertiary/aromatic N) is 3. The first-order valence-corrected chi connectivity index (χ1v) is 11.2. The highest BCUT2D eigenvalue weighted by Crippen LogP contribution is 2.24. The highest BCUT2D eigenvalue weighted by molar-refractivity contribution is 5.79. The van der Waals surface area contributed by atoms with E-state index >= 15 is 0 Å². The van der Waals surface area contributed by atoms with Crippen LogP contribution in [0.25, 0.3) is 0 Å². The van der Waals surface area contributed by atoms with Crippen LogP contribution < -0.4 is 4.74 Å². The van der Waals surface area contributed by atoms with Crippen LogP contribution in [0.4, 0.5) is 18.0 Å². The van der Waals surface area contributed by atoms with Crippen LogP contribution in [0.2, 0.25) is 0 Å². The molecule has 10 heteroatoms. The molecule has 33 heavy (non-hydrogen) atoms. The number of carbonyl (C=O) groups is 2. The third kappa shape index (κ3) is 7.80. The Morgan fingerprint density at radius 2 is 1.48 bits per heavy atom. The van der Waals surface area contributed by atoms with Gasteiger partial charge in [0.05, 0.1) is 0 Å². The van der Waals surface area contributed by atoms with Crippen LogP contribution in [0.3, 0.4) is 0 Å². The topological polar surface area (TPSA) is 62.3 Å². The van der Waals surface area contributed by atoms with Crippen molar-refractivity contribution in [2.24, 2.45) is 5.92 Å². The van der Waals surface area contributed by atoms with Gasteiger partial charge < -0.3 is 19.3 Å². The van der Waals surface area contributed by atoms with E-state index in [2.05, 4.69) is 9.64 Å². The van der Waals surface area contributed by atoms with Crippen molar-refractivity contribution in [3.63, 3.8) is 0 Å². The Balaban J connectivity index is 1.41. The summed E-state index contributed by atoms with van der Waals surface area (Å²) >= 11 is 0. The third-order valence-corrected chi connectivity index (χ3v) is 5.74. The lowest BCUT2D eigenvalue weighted by atomic mass is 9.95. The lowest BCUT2D eigenvalue weighted by Crippen LogP contribution is -2.51. The van der Waals surface area contributed by atoms with Crippen molar-refractivity contribution in [2.45, 2.75) is 52.1 Å². The van der Waals surface area contributed by atoms with E-state index in [-0.39, 0.29) is 23.7 Å². The fourth-order valence-corrected chi connectivity index (χ4v) is 4.07. The second-order valence-electron chi connectivity index (χ2n) is 9.53. The second kappa shape index (κ2) is 10.2. The number of rotatable bonds is 4. The van der Waals surface area contributed by atoms with Crippen molar-refractivity contribution in [3.8, 4) is 5.75 Å². The molecule has 0 aliphatic carbocycles. The predicted octanol–water partition coefficient (Wildman–Crippen LogP) is 3.88. The summed E-state index contributed by atoms with van der Waals surface area (Å²) in [4.78, 5) is 30.9. The molecule has 7 nitrogen and oxygen atoms in total. The van der Waals surface area contributed by atoms with Gasteiger partial charge >= 0.3 is 12.5 Å². The maximum atomic E-state index is 12.9. The summed E-state index contributed by atoms with van der Waals surface area (Å²) < 4.78 is 46.1. The fourth-order valence-electron chi connectivity index (χ4n) is 4.07. The SMILES string of the molecule is CC(C)(C)OC(=O)N1CCC(C(=O)N2CCN(Cc3ccc(OC(F)(F)F)cc3)CC2)CC1. The summed E-state index contributed by atoms with van der Waals surface area (Å²) in [6, 6.07) is 5.87. The van der Waals surface area contributed by atoms with E-state index < -0.39 is 12.0 Å². The van der Waals surface area contributed by atoms with E-state index in [1.807, 2.05) is 25.7 Å².